The maximum absolute atomic E-state index is 12.0. The summed E-state index contributed by atoms with van der Waals surface area (Å²) in [6.07, 6.45) is 2.71. The number of amides is 1. The lowest BCUT2D eigenvalue weighted by atomic mass is 10.1. The number of benzene rings is 1. The molecule has 1 aromatic carbocycles. The van der Waals surface area contributed by atoms with Crippen LogP contribution in [-0.2, 0) is 9.53 Å². The summed E-state index contributed by atoms with van der Waals surface area (Å²) in [7, 11) is 0. The van der Waals surface area contributed by atoms with Gasteiger partial charge >= 0.3 is 0 Å². The van der Waals surface area contributed by atoms with Gasteiger partial charge in [-0.1, -0.05) is 12.1 Å². The summed E-state index contributed by atoms with van der Waals surface area (Å²) in [4.78, 5) is 14.4. The van der Waals surface area contributed by atoms with Gasteiger partial charge in [0.25, 0.3) is 0 Å². The standard InChI is InChI=1S/C17H27N3O2S/c1-13(20-8-10-22-11-9-20)14-3-5-15(6-4-14)19-17(21)16(18)7-12-23-2/h3-6,13,16H,7-12,18H2,1-2H3,(H,19,21)/t13?,16-/m0/s1. The number of thioether (sulfide) groups is 1. The Morgan fingerprint density at radius 3 is 2.61 bits per heavy atom. The van der Waals surface area contributed by atoms with Gasteiger partial charge in [0.15, 0.2) is 0 Å². The Morgan fingerprint density at radius 2 is 2.00 bits per heavy atom. The summed E-state index contributed by atoms with van der Waals surface area (Å²) < 4.78 is 5.40. The van der Waals surface area contributed by atoms with E-state index in [1.54, 1.807) is 11.8 Å². The molecule has 0 saturated carbocycles. The highest BCUT2D eigenvalue weighted by Gasteiger charge is 2.18. The summed E-state index contributed by atoms with van der Waals surface area (Å²) >= 11 is 1.70. The fraction of sp³-hybridized carbons (Fsp3) is 0.588. The number of anilines is 1. The quantitative estimate of drug-likeness (QED) is 0.797. The van der Waals surface area contributed by atoms with Gasteiger partial charge in [-0.15, -0.1) is 0 Å². The Kier molecular flexibility index (Phi) is 7.36. The van der Waals surface area contributed by atoms with Crippen molar-refractivity contribution in [2.24, 2.45) is 5.73 Å². The van der Waals surface area contributed by atoms with Crippen LogP contribution in [0.4, 0.5) is 5.69 Å². The van der Waals surface area contributed by atoms with Crippen LogP contribution in [0.15, 0.2) is 24.3 Å². The Morgan fingerprint density at radius 1 is 1.35 bits per heavy atom. The highest BCUT2D eigenvalue weighted by molar-refractivity contribution is 7.98. The van der Waals surface area contributed by atoms with Crippen LogP contribution in [0.1, 0.15) is 24.9 Å². The second-order valence-corrected chi connectivity index (χ2v) is 6.81. The first-order valence-corrected chi connectivity index (χ1v) is 9.48. The number of carbonyl (C=O) groups excluding carboxylic acids is 1. The monoisotopic (exact) mass is 337 g/mol. The minimum atomic E-state index is -0.450. The van der Waals surface area contributed by atoms with Crippen LogP contribution >= 0.6 is 11.8 Å². The van der Waals surface area contributed by atoms with Gasteiger partial charge in [-0.2, -0.15) is 11.8 Å². The Balaban J connectivity index is 1.89. The lowest BCUT2D eigenvalue weighted by Gasteiger charge is -2.32. The SMILES string of the molecule is CSCC[C@H](N)C(=O)Nc1ccc(C(C)N2CCOCC2)cc1. The average Bonchev–Trinajstić information content (AvgIpc) is 2.60. The molecule has 5 nitrogen and oxygen atoms in total. The molecule has 1 amide bonds. The first-order valence-electron chi connectivity index (χ1n) is 8.09. The van der Waals surface area contributed by atoms with Crippen LogP contribution in [0.3, 0.4) is 0 Å². The van der Waals surface area contributed by atoms with Crippen LogP contribution in [0.25, 0.3) is 0 Å². The number of carbonyl (C=O) groups is 1. The van der Waals surface area contributed by atoms with Gasteiger partial charge in [0.1, 0.15) is 0 Å². The largest absolute Gasteiger partial charge is 0.379 e. The van der Waals surface area contributed by atoms with E-state index in [-0.39, 0.29) is 5.91 Å². The van der Waals surface area contributed by atoms with Crippen LogP contribution in [0, 0.1) is 0 Å². The minimum Gasteiger partial charge on any atom is -0.379 e. The fourth-order valence-corrected chi connectivity index (χ4v) is 3.12. The summed E-state index contributed by atoms with van der Waals surface area (Å²) in [5.74, 6) is 0.776. The van der Waals surface area contributed by atoms with Crippen molar-refractivity contribution in [2.45, 2.75) is 25.4 Å². The predicted octanol–water partition coefficient (Wildman–Crippen LogP) is 2.10. The summed E-state index contributed by atoms with van der Waals surface area (Å²) in [6.45, 7) is 5.73. The summed E-state index contributed by atoms with van der Waals surface area (Å²) in [5.41, 5.74) is 7.93. The van der Waals surface area contributed by atoms with Crippen LogP contribution < -0.4 is 11.1 Å². The molecule has 0 aromatic heterocycles. The first-order chi connectivity index (χ1) is 11.1. The molecule has 0 aliphatic carbocycles. The molecule has 1 fully saturated rings. The molecular weight excluding hydrogens is 310 g/mol. The van der Waals surface area contributed by atoms with E-state index in [9.17, 15) is 4.79 Å². The molecule has 3 N–H and O–H groups in total. The smallest absolute Gasteiger partial charge is 0.241 e. The molecule has 2 rings (SSSR count). The van der Waals surface area contributed by atoms with E-state index < -0.39 is 6.04 Å². The number of hydrogen-bond donors (Lipinski definition) is 2. The predicted molar refractivity (Wildman–Crippen MR) is 96.9 cm³/mol. The van der Waals surface area contributed by atoms with E-state index in [1.807, 2.05) is 18.4 Å². The van der Waals surface area contributed by atoms with Gasteiger partial charge in [0, 0.05) is 24.8 Å². The van der Waals surface area contributed by atoms with Gasteiger partial charge < -0.3 is 15.8 Å². The lowest BCUT2D eigenvalue weighted by molar-refractivity contribution is -0.117. The number of rotatable bonds is 7. The van der Waals surface area contributed by atoms with E-state index in [0.29, 0.717) is 12.5 Å². The van der Waals surface area contributed by atoms with Gasteiger partial charge in [0.2, 0.25) is 5.91 Å². The van der Waals surface area contributed by atoms with E-state index in [2.05, 4.69) is 29.3 Å². The maximum atomic E-state index is 12.0. The van der Waals surface area contributed by atoms with E-state index in [4.69, 9.17) is 10.5 Å². The zero-order chi connectivity index (χ0) is 16.7. The van der Waals surface area contributed by atoms with Crippen molar-refractivity contribution < 1.29 is 9.53 Å². The highest BCUT2D eigenvalue weighted by Crippen LogP contribution is 2.22. The Hall–Kier alpha value is -1.08. The third kappa shape index (κ3) is 5.49. The van der Waals surface area contributed by atoms with Crippen molar-refractivity contribution in [3.8, 4) is 0 Å². The molecule has 1 saturated heterocycles. The van der Waals surface area contributed by atoms with Crippen LogP contribution in [-0.4, -0.2) is 55.2 Å². The Labute approximate surface area is 142 Å². The van der Waals surface area contributed by atoms with Crippen LogP contribution in [0.5, 0.6) is 0 Å². The van der Waals surface area contributed by atoms with E-state index >= 15 is 0 Å². The van der Waals surface area contributed by atoms with Gasteiger partial charge in [-0.05, 0) is 43.0 Å². The molecule has 1 aliphatic rings. The average molecular weight is 337 g/mol. The lowest BCUT2D eigenvalue weighted by Crippen LogP contribution is -2.38. The number of nitrogens with one attached hydrogen (secondary N) is 1. The molecule has 23 heavy (non-hydrogen) atoms. The molecule has 1 aromatic rings. The van der Waals surface area contributed by atoms with E-state index in [0.717, 1.165) is 37.7 Å². The topological polar surface area (TPSA) is 67.6 Å². The molecule has 1 unspecified atom stereocenters. The molecule has 0 spiro atoms. The van der Waals surface area contributed by atoms with Crippen molar-refractivity contribution in [1.82, 2.24) is 4.90 Å². The van der Waals surface area contributed by atoms with Crippen molar-refractivity contribution in [3.63, 3.8) is 0 Å². The normalized spacial score (nSPS) is 18.4. The maximum Gasteiger partial charge on any atom is 0.241 e. The van der Waals surface area contributed by atoms with Gasteiger partial charge in [0.05, 0.1) is 19.3 Å². The van der Waals surface area contributed by atoms with Crippen molar-refractivity contribution in [1.29, 1.82) is 0 Å². The summed E-state index contributed by atoms with van der Waals surface area (Å²) in [6, 6.07) is 7.95. The fourth-order valence-electron chi connectivity index (χ4n) is 2.63. The number of hydrogen-bond acceptors (Lipinski definition) is 5. The highest BCUT2D eigenvalue weighted by atomic mass is 32.2. The third-order valence-electron chi connectivity index (χ3n) is 4.22. The van der Waals surface area contributed by atoms with Gasteiger partial charge in [-0.25, -0.2) is 0 Å². The Bertz CT molecular complexity index is 489. The molecule has 1 heterocycles. The van der Waals surface area contributed by atoms with Crippen molar-refractivity contribution in [2.75, 3.05) is 43.6 Å². The zero-order valence-corrected chi connectivity index (χ0v) is 14.8. The summed E-state index contributed by atoms with van der Waals surface area (Å²) in [5, 5.41) is 2.89. The molecule has 6 heteroatoms. The number of nitrogens with two attached hydrogens (primary N) is 1. The first kappa shape index (κ1) is 18.3. The van der Waals surface area contributed by atoms with Crippen LogP contribution in [0.2, 0.25) is 0 Å². The molecule has 128 valence electrons. The third-order valence-corrected chi connectivity index (χ3v) is 4.87. The number of morpholine rings is 1. The van der Waals surface area contributed by atoms with Crippen molar-refractivity contribution in [3.05, 3.63) is 29.8 Å². The zero-order valence-electron chi connectivity index (χ0n) is 14.0. The molecule has 0 bridgehead atoms. The molecule has 0 radical (unpaired) electrons. The second kappa shape index (κ2) is 9.27. The second-order valence-electron chi connectivity index (χ2n) is 5.82. The molecule has 2 atom stereocenters. The van der Waals surface area contributed by atoms with E-state index in [1.165, 1.54) is 5.56 Å². The minimum absolute atomic E-state index is 0.118. The molecule has 1 aliphatic heterocycles. The number of nitrogens with zero attached hydrogens (tertiary/aromatic N) is 1. The molecular formula is C17H27N3O2S. The van der Waals surface area contributed by atoms with Crippen molar-refractivity contribution >= 4 is 23.4 Å². The van der Waals surface area contributed by atoms with Gasteiger partial charge in [-0.3, -0.25) is 9.69 Å². The number of ether oxygens (including phenoxy) is 1.